The second-order valence-electron chi connectivity index (χ2n) is 7.59. The van der Waals surface area contributed by atoms with Crippen LogP contribution in [-0.4, -0.2) is 42.2 Å². The Morgan fingerprint density at radius 3 is 2.78 bits per heavy atom. The van der Waals surface area contributed by atoms with Gasteiger partial charge in [-0.05, 0) is 31.0 Å². The Kier molecular flexibility index (Phi) is 3.70. The molecular formula is C20H22N4O3. The van der Waals surface area contributed by atoms with Gasteiger partial charge in [-0.25, -0.2) is 9.97 Å². The number of aryl methyl sites for hydroxylation is 1. The summed E-state index contributed by atoms with van der Waals surface area (Å²) < 4.78 is 11.3. The minimum atomic E-state index is -0.0183. The molecule has 0 aromatic carbocycles. The molecule has 0 spiro atoms. The summed E-state index contributed by atoms with van der Waals surface area (Å²) in [6.07, 6.45) is 3.14. The highest BCUT2D eigenvalue weighted by Crippen LogP contribution is 2.44. The fourth-order valence-corrected chi connectivity index (χ4v) is 4.47. The van der Waals surface area contributed by atoms with Crippen LogP contribution >= 0.6 is 0 Å². The first kappa shape index (κ1) is 16.4. The van der Waals surface area contributed by atoms with Gasteiger partial charge in [-0.3, -0.25) is 4.79 Å². The largest absolute Gasteiger partial charge is 0.488 e. The number of ether oxygens (including phenoxy) is 2. The monoisotopic (exact) mass is 366 g/mol. The van der Waals surface area contributed by atoms with Crippen LogP contribution in [0.25, 0.3) is 0 Å². The third kappa shape index (κ3) is 2.69. The van der Waals surface area contributed by atoms with Crippen LogP contribution in [0.4, 0.5) is 5.82 Å². The van der Waals surface area contributed by atoms with Gasteiger partial charge in [-0.15, -0.1) is 0 Å². The Morgan fingerprint density at radius 2 is 2.07 bits per heavy atom. The van der Waals surface area contributed by atoms with Crippen molar-refractivity contribution in [2.45, 2.75) is 26.0 Å². The van der Waals surface area contributed by atoms with E-state index in [-0.39, 0.29) is 12.0 Å². The predicted molar refractivity (Wildman–Crippen MR) is 99.2 cm³/mol. The van der Waals surface area contributed by atoms with Gasteiger partial charge in [0.2, 0.25) is 5.88 Å². The lowest BCUT2D eigenvalue weighted by atomic mass is 9.68. The topological polar surface area (TPSA) is 76.6 Å². The van der Waals surface area contributed by atoms with Crippen LogP contribution in [0.3, 0.4) is 0 Å². The maximum atomic E-state index is 11.8. The third-order valence-electron chi connectivity index (χ3n) is 5.86. The molecule has 1 saturated carbocycles. The lowest BCUT2D eigenvalue weighted by Gasteiger charge is -2.53. The molecule has 7 heteroatoms. The van der Waals surface area contributed by atoms with Crippen LogP contribution in [0.15, 0.2) is 24.4 Å². The van der Waals surface area contributed by atoms with Gasteiger partial charge in [-0.1, -0.05) is 0 Å². The number of nitrogens with zero attached hydrogens (tertiary/aromatic N) is 3. The molecule has 4 aliphatic rings. The first-order valence-electron chi connectivity index (χ1n) is 9.32. The molecular weight excluding hydrogens is 344 g/mol. The highest BCUT2D eigenvalue weighted by atomic mass is 16.5. The van der Waals surface area contributed by atoms with Gasteiger partial charge in [0.1, 0.15) is 17.7 Å². The zero-order chi connectivity index (χ0) is 18.5. The first-order valence-corrected chi connectivity index (χ1v) is 9.32. The summed E-state index contributed by atoms with van der Waals surface area (Å²) in [7, 11) is 1.61. The Balaban J connectivity index is 1.29. The Bertz CT molecular complexity index is 887. The number of anilines is 1. The van der Waals surface area contributed by atoms with E-state index >= 15 is 0 Å². The zero-order valence-electron chi connectivity index (χ0n) is 15.4. The minimum Gasteiger partial charge on any atom is -0.488 e. The standard InChI is InChI=1S/C20H22N4O3/c1-11-5-15-16(8-22-20(15)25)23-19(11)24-9-12-6-13(10-24)18(12)27-14-3-4-17(26-2)21-7-14/h3-5,7,12-13,18H,6,8-10H2,1-2H3,(H,22,25)/t12-,13+,18?. The van der Waals surface area contributed by atoms with Crippen molar-refractivity contribution in [1.29, 1.82) is 0 Å². The van der Waals surface area contributed by atoms with Crippen molar-refractivity contribution in [3.63, 3.8) is 0 Å². The van der Waals surface area contributed by atoms with Crippen molar-refractivity contribution in [3.05, 3.63) is 41.2 Å². The SMILES string of the molecule is COc1ccc(OC2[C@@H]3C[C@H]2CN(c2nc4c(cc2C)C(=O)NC4)C3)cn1. The van der Waals surface area contributed by atoms with Crippen LogP contribution < -0.4 is 19.7 Å². The number of methoxy groups -OCH3 is 1. The quantitative estimate of drug-likeness (QED) is 0.891. The molecule has 5 heterocycles. The number of aromatic nitrogens is 2. The number of hydrogen-bond acceptors (Lipinski definition) is 6. The van der Waals surface area contributed by atoms with E-state index in [4.69, 9.17) is 14.5 Å². The van der Waals surface area contributed by atoms with Crippen molar-refractivity contribution in [1.82, 2.24) is 15.3 Å². The minimum absolute atomic E-state index is 0.0183. The molecule has 140 valence electrons. The molecule has 3 atom stereocenters. The van der Waals surface area contributed by atoms with Crippen molar-refractivity contribution in [3.8, 4) is 11.6 Å². The second kappa shape index (κ2) is 6.11. The summed E-state index contributed by atoms with van der Waals surface area (Å²) in [5, 5.41) is 2.85. The summed E-state index contributed by atoms with van der Waals surface area (Å²) >= 11 is 0. The van der Waals surface area contributed by atoms with E-state index in [1.807, 2.05) is 25.1 Å². The molecule has 6 rings (SSSR count). The fourth-order valence-electron chi connectivity index (χ4n) is 4.47. The van der Waals surface area contributed by atoms with Crippen LogP contribution in [0.1, 0.15) is 28.0 Å². The van der Waals surface area contributed by atoms with E-state index in [0.717, 1.165) is 35.9 Å². The lowest BCUT2D eigenvalue weighted by Crippen LogP contribution is -2.61. The maximum absolute atomic E-state index is 11.8. The number of nitrogens with one attached hydrogen (secondary N) is 1. The van der Waals surface area contributed by atoms with E-state index < -0.39 is 0 Å². The molecule has 1 unspecified atom stereocenters. The van der Waals surface area contributed by atoms with Crippen molar-refractivity contribution < 1.29 is 14.3 Å². The predicted octanol–water partition coefficient (Wildman–Crippen LogP) is 1.94. The average molecular weight is 366 g/mol. The summed E-state index contributed by atoms with van der Waals surface area (Å²) in [6.45, 7) is 4.42. The molecule has 2 saturated heterocycles. The van der Waals surface area contributed by atoms with Gasteiger partial charge >= 0.3 is 0 Å². The number of hydrogen-bond donors (Lipinski definition) is 1. The van der Waals surface area contributed by atoms with E-state index in [0.29, 0.717) is 29.8 Å². The van der Waals surface area contributed by atoms with Gasteiger partial charge < -0.3 is 19.7 Å². The number of carbonyl (C=O) groups is 1. The van der Waals surface area contributed by atoms with Crippen LogP contribution in [-0.2, 0) is 6.54 Å². The molecule has 3 fully saturated rings. The Labute approximate surface area is 157 Å². The molecule has 0 radical (unpaired) electrons. The van der Waals surface area contributed by atoms with Crippen LogP contribution in [0.5, 0.6) is 11.6 Å². The fraction of sp³-hybridized carbons (Fsp3) is 0.450. The normalized spacial score (nSPS) is 25.5. The molecule has 1 aliphatic carbocycles. The van der Waals surface area contributed by atoms with Crippen LogP contribution in [0, 0.1) is 18.8 Å². The number of amides is 1. The highest BCUT2D eigenvalue weighted by molar-refractivity contribution is 5.98. The van der Waals surface area contributed by atoms with Gasteiger partial charge in [0, 0.05) is 31.0 Å². The van der Waals surface area contributed by atoms with Gasteiger partial charge in [0.25, 0.3) is 5.91 Å². The highest BCUT2D eigenvalue weighted by Gasteiger charge is 2.49. The Hall–Kier alpha value is -2.83. The number of pyridine rings is 2. The van der Waals surface area contributed by atoms with Gasteiger partial charge in [0.15, 0.2) is 0 Å². The zero-order valence-corrected chi connectivity index (χ0v) is 15.4. The summed E-state index contributed by atoms with van der Waals surface area (Å²) in [5.41, 5.74) is 2.63. The number of piperidine rings is 2. The summed E-state index contributed by atoms with van der Waals surface area (Å²) in [5.74, 6) is 3.34. The lowest BCUT2D eigenvalue weighted by molar-refractivity contribution is -0.0344. The van der Waals surface area contributed by atoms with Gasteiger partial charge in [-0.2, -0.15) is 0 Å². The molecule has 1 amide bonds. The van der Waals surface area contributed by atoms with Crippen molar-refractivity contribution in [2.75, 3.05) is 25.1 Å². The Morgan fingerprint density at radius 1 is 1.26 bits per heavy atom. The van der Waals surface area contributed by atoms with Crippen molar-refractivity contribution >= 4 is 11.7 Å². The number of rotatable bonds is 4. The molecule has 3 aliphatic heterocycles. The molecule has 1 N–H and O–H groups in total. The second-order valence-corrected chi connectivity index (χ2v) is 7.59. The van der Waals surface area contributed by atoms with E-state index in [9.17, 15) is 4.79 Å². The summed E-state index contributed by atoms with van der Waals surface area (Å²) in [6, 6.07) is 5.70. The maximum Gasteiger partial charge on any atom is 0.253 e. The third-order valence-corrected chi connectivity index (χ3v) is 5.86. The molecule has 7 nitrogen and oxygen atoms in total. The molecule has 2 bridgehead atoms. The van der Waals surface area contributed by atoms with Crippen LogP contribution in [0.2, 0.25) is 0 Å². The first-order chi connectivity index (χ1) is 13.1. The molecule has 27 heavy (non-hydrogen) atoms. The molecule has 2 aromatic rings. The number of carbonyl (C=O) groups excluding carboxylic acids is 1. The van der Waals surface area contributed by atoms with E-state index in [2.05, 4.69) is 15.2 Å². The van der Waals surface area contributed by atoms with Crippen molar-refractivity contribution in [2.24, 2.45) is 11.8 Å². The van der Waals surface area contributed by atoms with E-state index in [1.54, 1.807) is 13.3 Å². The smallest absolute Gasteiger partial charge is 0.253 e. The number of fused-ring (bicyclic) bond motifs is 3. The molecule has 2 aromatic heterocycles. The average Bonchev–Trinajstić information content (AvgIpc) is 3.06. The van der Waals surface area contributed by atoms with Gasteiger partial charge in [0.05, 0.1) is 31.1 Å². The summed E-state index contributed by atoms with van der Waals surface area (Å²) in [4.78, 5) is 23.2. The van der Waals surface area contributed by atoms with E-state index in [1.165, 1.54) is 6.42 Å².